The molecule has 0 aromatic heterocycles. The molecule has 0 aliphatic rings. The van der Waals surface area contributed by atoms with Crippen LogP contribution in [0.3, 0.4) is 0 Å². The molecule has 0 saturated heterocycles. The van der Waals surface area contributed by atoms with Crippen LogP contribution in [0.15, 0.2) is 0 Å². The second-order valence-electron chi connectivity index (χ2n) is 3.42. The molecule has 0 bridgehead atoms. The molecular formula is C11H22N2S. The van der Waals surface area contributed by atoms with Crippen molar-refractivity contribution in [2.45, 2.75) is 45.6 Å². The fraction of sp³-hybridized carbons (Fsp3) is 0.909. The summed E-state index contributed by atoms with van der Waals surface area (Å²) in [6.07, 6.45) is 4.97. The average Bonchev–Trinajstić information content (AvgIpc) is 2.22. The normalized spacial score (nSPS) is 12.4. The predicted molar refractivity (Wildman–Crippen MR) is 64.5 cm³/mol. The van der Waals surface area contributed by atoms with E-state index in [4.69, 9.17) is 5.26 Å². The minimum atomic E-state index is 0.0431. The van der Waals surface area contributed by atoms with Gasteiger partial charge in [-0.05, 0) is 25.1 Å². The zero-order chi connectivity index (χ0) is 10.6. The number of nitriles is 1. The second-order valence-corrected chi connectivity index (χ2v) is 4.57. The molecule has 1 N–H and O–H groups in total. The Kier molecular flexibility index (Phi) is 10.7. The Morgan fingerprint density at radius 3 is 2.64 bits per heavy atom. The van der Waals surface area contributed by atoms with Crippen molar-refractivity contribution in [1.82, 2.24) is 5.32 Å². The van der Waals surface area contributed by atoms with E-state index in [2.05, 4.69) is 25.2 Å². The van der Waals surface area contributed by atoms with Crippen molar-refractivity contribution in [3.8, 4) is 6.07 Å². The molecule has 1 unspecified atom stereocenters. The monoisotopic (exact) mass is 214 g/mol. The fourth-order valence-electron chi connectivity index (χ4n) is 1.12. The molecule has 0 spiro atoms. The number of thioether (sulfide) groups is 1. The Balaban J connectivity index is 3.30. The van der Waals surface area contributed by atoms with Gasteiger partial charge in [-0.25, -0.2) is 0 Å². The maximum Gasteiger partial charge on any atom is 0.104 e. The highest BCUT2D eigenvalue weighted by Gasteiger charge is 2.04. The van der Waals surface area contributed by atoms with E-state index in [0.717, 1.165) is 18.7 Å². The van der Waals surface area contributed by atoms with Gasteiger partial charge in [0.1, 0.15) is 6.04 Å². The van der Waals surface area contributed by atoms with Crippen LogP contribution in [0.4, 0.5) is 0 Å². The van der Waals surface area contributed by atoms with Crippen molar-refractivity contribution in [3.05, 3.63) is 0 Å². The largest absolute Gasteiger partial charge is 0.301 e. The summed E-state index contributed by atoms with van der Waals surface area (Å²) in [5.41, 5.74) is 0. The topological polar surface area (TPSA) is 35.8 Å². The van der Waals surface area contributed by atoms with Crippen LogP contribution in [0.5, 0.6) is 0 Å². The van der Waals surface area contributed by atoms with Crippen LogP contribution in [0, 0.1) is 11.3 Å². The molecule has 3 heteroatoms. The fourth-order valence-corrected chi connectivity index (χ4v) is 2.12. The van der Waals surface area contributed by atoms with Gasteiger partial charge in [-0.2, -0.15) is 17.0 Å². The summed E-state index contributed by atoms with van der Waals surface area (Å²) in [4.78, 5) is 0. The van der Waals surface area contributed by atoms with E-state index in [9.17, 15) is 0 Å². The lowest BCUT2D eigenvalue weighted by atomic mass is 10.3. The van der Waals surface area contributed by atoms with Gasteiger partial charge in [0.05, 0.1) is 6.07 Å². The third-order valence-corrected chi connectivity index (χ3v) is 3.12. The number of rotatable bonds is 9. The molecule has 0 heterocycles. The minimum Gasteiger partial charge on any atom is -0.301 e. The first kappa shape index (κ1) is 13.8. The summed E-state index contributed by atoms with van der Waals surface area (Å²) in [5, 5.41) is 12.1. The van der Waals surface area contributed by atoms with Crippen molar-refractivity contribution in [2.75, 3.05) is 18.1 Å². The maximum atomic E-state index is 8.83. The third kappa shape index (κ3) is 8.40. The highest BCUT2D eigenvalue weighted by molar-refractivity contribution is 7.99. The van der Waals surface area contributed by atoms with E-state index in [1.54, 1.807) is 0 Å². The van der Waals surface area contributed by atoms with Gasteiger partial charge < -0.3 is 5.32 Å². The summed E-state index contributed by atoms with van der Waals surface area (Å²) in [6, 6.07) is 2.34. The lowest BCUT2D eigenvalue weighted by Crippen LogP contribution is -2.30. The molecule has 82 valence electrons. The molecule has 1 atom stereocenters. The lowest BCUT2D eigenvalue weighted by Gasteiger charge is -2.09. The van der Waals surface area contributed by atoms with Gasteiger partial charge in [-0.3, -0.25) is 0 Å². The summed E-state index contributed by atoms with van der Waals surface area (Å²) >= 11 is 1.89. The van der Waals surface area contributed by atoms with Crippen molar-refractivity contribution in [2.24, 2.45) is 0 Å². The first-order valence-electron chi connectivity index (χ1n) is 5.55. The van der Waals surface area contributed by atoms with Crippen LogP contribution < -0.4 is 5.32 Å². The third-order valence-electron chi connectivity index (χ3n) is 1.97. The Hall–Kier alpha value is -0.200. The Labute approximate surface area is 92.5 Å². The van der Waals surface area contributed by atoms with Crippen LogP contribution in [-0.4, -0.2) is 24.1 Å². The number of hydrogen-bond acceptors (Lipinski definition) is 3. The molecule has 0 aliphatic carbocycles. The van der Waals surface area contributed by atoms with Crippen LogP contribution in [0.1, 0.15) is 39.5 Å². The van der Waals surface area contributed by atoms with Crippen LogP contribution >= 0.6 is 11.8 Å². The van der Waals surface area contributed by atoms with Gasteiger partial charge in [0.25, 0.3) is 0 Å². The van der Waals surface area contributed by atoms with E-state index >= 15 is 0 Å². The van der Waals surface area contributed by atoms with Crippen molar-refractivity contribution in [3.63, 3.8) is 0 Å². The van der Waals surface area contributed by atoms with E-state index < -0.39 is 0 Å². The Bertz CT molecular complexity index is 154. The van der Waals surface area contributed by atoms with Crippen LogP contribution in [0.25, 0.3) is 0 Å². The molecule has 0 saturated carbocycles. The first-order valence-corrected chi connectivity index (χ1v) is 6.71. The number of unbranched alkanes of at least 4 members (excludes halogenated alkanes) is 2. The first-order chi connectivity index (χ1) is 6.85. The summed E-state index contributed by atoms with van der Waals surface area (Å²) in [5.74, 6) is 2.13. The second kappa shape index (κ2) is 10.9. The smallest absolute Gasteiger partial charge is 0.104 e. The summed E-state index contributed by atoms with van der Waals surface area (Å²) in [7, 11) is 0. The molecule has 14 heavy (non-hydrogen) atoms. The minimum absolute atomic E-state index is 0.0431. The van der Waals surface area contributed by atoms with E-state index in [1.165, 1.54) is 25.0 Å². The van der Waals surface area contributed by atoms with Gasteiger partial charge in [-0.1, -0.05) is 26.7 Å². The number of nitrogens with zero attached hydrogens (tertiary/aromatic N) is 1. The van der Waals surface area contributed by atoms with Gasteiger partial charge in [0.2, 0.25) is 0 Å². The van der Waals surface area contributed by atoms with Gasteiger partial charge in [0, 0.05) is 5.75 Å². The van der Waals surface area contributed by atoms with Crippen LogP contribution in [-0.2, 0) is 0 Å². The van der Waals surface area contributed by atoms with E-state index in [0.29, 0.717) is 0 Å². The Morgan fingerprint density at radius 2 is 2.07 bits per heavy atom. The number of nitrogens with one attached hydrogen (secondary N) is 1. The predicted octanol–water partition coefficient (Wildman–Crippen LogP) is 2.80. The van der Waals surface area contributed by atoms with Crippen molar-refractivity contribution in [1.29, 1.82) is 5.26 Å². The SMILES string of the molecule is CCCCCSCC(C#N)NCCC. The average molecular weight is 214 g/mol. The zero-order valence-corrected chi connectivity index (χ0v) is 10.2. The standard InChI is InChI=1S/C11H22N2S/c1-3-5-6-8-14-10-11(9-12)13-7-4-2/h11,13H,3-8,10H2,1-2H3. The van der Waals surface area contributed by atoms with E-state index in [1.807, 2.05) is 11.8 Å². The van der Waals surface area contributed by atoms with Gasteiger partial charge in [0.15, 0.2) is 0 Å². The molecule has 0 aliphatic heterocycles. The molecule has 0 amide bonds. The molecule has 0 aromatic carbocycles. The highest BCUT2D eigenvalue weighted by Crippen LogP contribution is 2.07. The van der Waals surface area contributed by atoms with Crippen LogP contribution in [0.2, 0.25) is 0 Å². The molecule has 0 aromatic rings. The molecule has 0 rings (SSSR count). The number of hydrogen-bond donors (Lipinski definition) is 1. The van der Waals surface area contributed by atoms with Crippen molar-refractivity contribution < 1.29 is 0 Å². The quantitative estimate of drug-likeness (QED) is 0.600. The molecule has 2 nitrogen and oxygen atoms in total. The van der Waals surface area contributed by atoms with E-state index in [-0.39, 0.29) is 6.04 Å². The van der Waals surface area contributed by atoms with Crippen molar-refractivity contribution >= 4 is 11.8 Å². The van der Waals surface area contributed by atoms with Gasteiger partial charge in [-0.15, -0.1) is 0 Å². The molecule has 0 fully saturated rings. The molecule has 0 radical (unpaired) electrons. The summed E-state index contributed by atoms with van der Waals surface area (Å²) < 4.78 is 0. The zero-order valence-electron chi connectivity index (χ0n) is 9.38. The van der Waals surface area contributed by atoms with Gasteiger partial charge >= 0.3 is 0 Å². The maximum absolute atomic E-state index is 8.83. The Morgan fingerprint density at radius 1 is 1.29 bits per heavy atom. The lowest BCUT2D eigenvalue weighted by molar-refractivity contribution is 0.637. The highest BCUT2D eigenvalue weighted by atomic mass is 32.2. The molecular weight excluding hydrogens is 192 g/mol. The summed E-state index contributed by atoms with van der Waals surface area (Å²) in [6.45, 7) is 5.29.